The molecule has 17 heavy (non-hydrogen) atoms. The molecule has 0 bridgehead atoms. The lowest BCUT2D eigenvalue weighted by Gasteiger charge is -2.30. The lowest BCUT2D eigenvalue weighted by atomic mass is 9.89. The molecule has 3 unspecified atom stereocenters. The molecule has 1 aromatic rings. The van der Waals surface area contributed by atoms with Gasteiger partial charge in [0.25, 0.3) is 0 Å². The van der Waals surface area contributed by atoms with E-state index in [1.807, 2.05) is 36.0 Å². The molecule has 2 nitrogen and oxygen atoms in total. The highest BCUT2D eigenvalue weighted by Gasteiger charge is 2.38. The van der Waals surface area contributed by atoms with E-state index in [0.29, 0.717) is 11.7 Å². The lowest BCUT2D eigenvalue weighted by Crippen LogP contribution is -2.31. The fourth-order valence-corrected chi connectivity index (χ4v) is 4.33. The molecule has 1 heterocycles. The normalized spacial score (nSPS) is 32.5. The summed E-state index contributed by atoms with van der Waals surface area (Å²) in [4.78, 5) is 13.5. The maximum atomic E-state index is 12.4. The van der Waals surface area contributed by atoms with Gasteiger partial charge in [-0.3, -0.25) is 4.79 Å². The molecule has 3 atom stereocenters. The Morgan fingerprint density at radius 1 is 1.24 bits per heavy atom. The van der Waals surface area contributed by atoms with E-state index in [1.54, 1.807) is 0 Å². The molecule has 0 saturated heterocycles. The van der Waals surface area contributed by atoms with Crippen LogP contribution in [0.5, 0.6) is 0 Å². The third kappa shape index (κ3) is 2.02. The van der Waals surface area contributed by atoms with Crippen molar-refractivity contribution in [3.63, 3.8) is 0 Å². The number of benzene rings is 1. The molecule has 0 spiro atoms. The second kappa shape index (κ2) is 4.46. The molecule has 3 heteroatoms. The van der Waals surface area contributed by atoms with Gasteiger partial charge in [-0.25, -0.2) is 0 Å². The first-order valence-electron chi connectivity index (χ1n) is 6.23. The van der Waals surface area contributed by atoms with E-state index in [-0.39, 0.29) is 17.8 Å². The number of fused-ring (bicyclic) bond motifs is 2. The van der Waals surface area contributed by atoms with E-state index in [2.05, 4.69) is 0 Å². The summed E-state index contributed by atoms with van der Waals surface area (Å²) in [5, 5.41) is 10.2. The van der Waals surface area contributed by atoms with Gasteiger partial charge in [-0.2, -0.15) is 0 Å². The topological polar surface area (TPSA) is 37.3 Å². The summed E-state index contributed by atoms with van der Waals surface area (Å²) in [6.45, 7) is 0. The monoisotopic (exact) mass is 248 g/mol. The van der Waals surface area contributed by atoms with E-state index in [0.717, 1.165) is 29.7 Å². The first-order valence-corrected chi connectivity index (χ1v) is 7.11. The summed E-state index contributed by atoms with van der Waals surface area (Å²) in [5.41, 5.74) is 0.854. The number of carbonyl (C=O) groups excluding carboxylic acids is 1. The van der Waals surface area contributed by atoms with E-state index in [9.17, 15) is 9.90 Å². The molecule has 2 aliphatic rings. The van der Waals surface area contributed by atoms with Crippen molar-refractivity contribution < 1.29 is 9.90 Å². The van der Waals surface area contributed by atoms with Crippen molar-refractivity contribution in [3.8, 4) is 0 Å². The van der Waals surface area contributed by atoms with Gasteiger partial charge in [0, 0.05) is 21.6 Å². The molecule has 3 rings (SSSR count). The number of aliphatic hydroxyl groups excluding tert-OH is 1. The van der Waals surface area contributed by atoms with Gasteiger partial charge in [-0.1, -0.05) is 18.2 Å². The largest absolute Gasteiger partial charge is 0.393 e. The van der Waals surface area contributed by atoms with Gasteiger partial charge >= 0.3 is 0 Å². The van der Waals surface area contributed by atoms with Crippen LogP contribution in [0.15, 0.2) is 29.2 Å². The fraction of sp³-hybridized carbons (Fsp3) is 0.500. The molecule has 1 aliphatic carbocycles. The number of Topliss-reactive ketones (excluding diaryl/α,β-unsaturated/α-hetero) is 1. The number of hydrogen-bond donors (Lipinski definition) is 1. The van der Waals surface area contributed by atoms with Gasteiger partial charge < -0.3 is 5.11 Å². The summed E-state index contributed by atoms with van der Waals surface area (Å²) >= 11 is 1.83. The smallest absolute Gasteiger partial charge is 0.168 e. The average Bonchev–Trinajstić information content (AvgIpc) is 2.51. The van der Waals surface area contributed by atoms with Crippen molar-refractivity contribution in [3.05, 3.63) is 29.8 Å². The maximum Gasteiger partial charge on any atom is 0.168 e. The summed E-state index contributed by atoms with van der Waals surface area (Å²) < 4.78 is 0. The van der Waals surface area contributed by atoms with Crippen LogP contribution in [0.1, 0.15) is 36.0 Å². The zero-order valence-electron chi connectivity index (χ0n) is 9.63. The highest BCUT2D eigenvalue weighted by molar-refractivity contribution is 8.00. The standard InChI is InChI=1S/C14H16O2S/c15-9-4-3-7-13-11(8-9)14(16)10-5-1-2-6-12(10)17-13/h1-2,5-6,9,11,13,15H,3-4,7-8H2. The number of ketones is 1. The van der Waals surface area contributed by atoms with E-state index in [1.165, 1.54) is 0 Å². The quantitative estimate of drug-likeness (QED) is 0.767. The number of thioether (sulfide) groups is 1. The predicted molar refractivity (Wildman–Crippen MR) is 68.4 cm³/mol. The molecule has 1 aliphatic heterocycles. The Morgan fingerprint density at radius 2 is 2.06 bits per heavy atom. The highest BCUT2D eigenvalue weighted by Crippen LogP contribution is 2.44. The minimum absolute atomic E-state index is 0.0207. The third-order valence-electron chi connectivity index (χ3n) is 3.77. The van der Waals surface area contributed by atoms with Crippen LogP contribution < -0.4 is 0 Å². The first-order chi connectivity index (χ1) is 8.25. The van der Waals surface area contributed by atoms with E-state index in [4.69, 9.17) is 0 Å². The van der Waals surface area contributed by atoms with Gasteiger partial charge in [-0.05, 0) is 31.7 Å². The molecule has 1 N–H and O–H groups in total. The van der Waals surface area contributed by atoms with Crippen molar-refractivity contribution in [2.75, 3.05) is 0 Å². The van der Waals surface area contributed by atoms with Crippen LogP contribution in [0.3, 0.4) is 0 Å². The Balaban J connectivity index is 1.97. The van der Waals surface area contributed by atoms with Gasteiger partial charge in [0.15, 0.2) is 5.78 Å². The Morgan fingerprint density at radius 3 is 2.94 bits per heavy atom. The molecule has 0 aromatic heterocycles. The summed E-state index contributed by atoms with van der Waals surface area (Å²) in [7, 11) is 0. The zero-order chi connectivity index (χ0) is 11.8. The minimum Gasteiger partial charge on any atom is -0.393 e. The Kier molecular flexibility index (Phi) is 2.97. The SMILES string of the molecule is O=C1c2ccccc2SC2CCCC(O)CC12. The second-order valence-electron chi connectivity index (χ2n) is 4.94. The van der Waals surface area contributed by atoms with Crippen molar-refractivity contribution in [2.45, 2.75) is 41.9 Å². The predicted octanol–water partition coefficient (Wildman–Crippen LogP) is 2.89. The third-order valence-corrected chi connectivity index (χ3v) is 5.25. The summed E-state index contributed by atoms with van der Waals surface area (Å²) in [6, 6.07) is 7.86. The van der Waals surface area contributed by atoms with Crippen LogP contribution in [0.4, 0.5) is 0 Å². The minimum atomic E-state index is -0.292. The number of hydrogen-bond acceptors (Lipinski definition) is 3. The molecule has 0 amide bonds. The molecular weight excluding hydrogens is 232 g/mol. The van der Waals surface area contributed by atoms with Crippen molar-refractivity contribution >= 4 is 17.5 Å². The van der Waals surface area contributed by atoms with Crippen LogP contribution in [-0.2, 0) is 0 Å². The first kappa shape index (κ1) is 11.3. The maximum absolute atomic E-state index is 12.4. The highest BCUT2D eigenvalue weighted by atomic mass is 32.2. The molecule has 1 fully saturated rings. The summed E-state index contributed by atoms with van der Waals surface area (Å²) in [6.07, 6.45) is 3.28. The van der Waals surface area contributed by atoms with Crippen LogP contribution in [0, 0.1) is 5.92 Å². The van der Waals surface area contributed by atoms with Crippen molar-refractivity contribution in [1.82, 2.24) is 0 Å². The van der Waals surface area contributed by atoms with Crippen molar-refractivity contribution in [2.24, 2.45) is 5.92 Å². The average molecular weight is 248 g/mol. The number of aliphatic hydroxyl groups is 1. The molecule has 1 saturated carbocycles. The molecule has 90 valence electrons. The van der Waals surface area contributed by atoms with Gasteiger partial charge in [0.2, 0.25) is 0 Å². The van der Waals surface area contributed by atoms with Crippen LogP contribution in [0.25, 0.3) is 0 Å². The van der Waals surface area contributed by atoms with Gasteiger partial charge in [0.05, 0.1) is 6.10 Å². The van der Waals surface area contributed by atoms with E-state index < -0.39 is 0 Å². The van der Waals surface area contributed by atoms with Crippen LogP contribution in [-0.4, -0.2) is 22.2 Å². The Labute approximate surface area is 105 Å². The molecular formula is C14H16O2S. The zero-order valence-corrected chi connectivity index (χ0v) is 10.5. The second-order valence-corrected chi connectivity index (χ2v) is 6.22. The summed E-state index contributed by atoms with van der Waals surface area (Å²) in [5.74, 6) is 0.262. The lowest BCUT2D eigenvalue weighted by molar-refractivity contribution is 0.0838. The Hall–Kier alpha value is -0.800. The Bertz CT molecular complexity index is 444. The molecule has 0 radical (unpaired) electrons. The van der Waals surface area contributed by atoms with Crippen LogP contribution >= 0.6 is 11.8 Å². The van der Waals surface area contributed by atoms with E-state index >= 15 is 0 Å². The van der Waals surface area contributed by atoms with Gasteiger partial charge in [-0.15, -0.1) is 11.8 Å². The van der Waals surface area contributed by atoms with Gasteiger partial charge in [0.1, 0.15) is 0 Å². The molecule has 1 aromatic carbocycles. The van der Waals surface area contributed by atoms with Crippen molar-refractivity contribution in [1.29, 1.82) is 0 Å². The fourth-order valence-electron chi connectivity index (χ4n) is 2.87. The number of rotatable bonds is 0. The van der Waals surface area contributed by atoms with Crippen LogP contribution in [0.2, 0.25) is 0 Å². The number of carbonyl (C=O) groups is 1.